The smallest absolute Gasteiger partial charge is 0.236 e. The van der Waals surface area contributed by atoms with E-state index in [4.69, 9.17) is 26.0 Å². The minimum Gasteiger partial charge on any atom is -0.452 e. The number of furan rings is 1. The SMILES string of the molecule is CC1(C)c2ccccc2-c2cc3c4c5ccccc5c(Cl)cc4n(-c4nc(-c5ccccc5)c5oc6ccccc6c5n4)c3cc21. The molecule has 1 aliphatic carbocycles. The van der Waals surface area contributed by atoms with E-state index in [9.17, 15) is 0 Å². The molecule has 6 aromatic carbocycles. The van der Waals surface area contributed by atoms with Gasteiger partial charge in [0, 0.05) is 32.5 Å². The van der Waals surface area contributed by atoms with Crippen LogP contribution in [0.15, 0.2) is 126 Å². The van der Waals surface area contributed by atoms with Crippen molar-refractivity contribution in [2.24, 2.45) is 0 Å². The molecule has 0 saturated heterocycles. The van der Waals surface area contributed by atoms with E-state index in [-0.39, 0.29) is 5.41 Å². The molecule has 46 heavy (non-hydrogen) atoms. The number of benzene rings is 6. The molecule has 0 radical (unpaired) electrons. The molecule has 0 atom stereocenters. The van der Waals surface area contributed by atoms with Crippen molar-refractivity contribution in [1.29, 1.82) is 0 Å². The third-order valence-corrected chi connectivity index (χ3v) is 10.2. The van der Waals surface area contributed by atoms with Crippen molar-refractivity contribution in [3.8, 4) is 28.3 Å². The van der Waals surface area contributed by atoms with E-state index in [2.05, 4.69) is 97.3 Å². The number of para-hydroxylation sites is 1. The first-order valence-electron chi connectivity index (χ1n) is 15.5. The quantitative estimate of drug-likeness (QED) is 0.195. The molecule has 3 heterocycles. The van der Waals surface area contributed by atoms with Crippen LogP contribution in [0.4, 0.5) is 0 Å². The van der Waals surface area contributed by atoms with Crippen LogP contribution in [0.25, 0.3) is 83.0 Å². The fraction of sp³-hybridized carbons (Fsp3) is 0.0732. The first-order valence-corrected chi connectivity index (χ1v) is 15.9. The van der Waals surface area contributed by atoms with Gasteiger partial charge >= 0.3 is 0 Å². The number of fused-ring (bicyclic) bond motifs is 11. The van der Waals surface area contributed by atoms with Crippen LogP contribution < -0.4 is 0 Å². The van der Waals surface area contributed by atoms with Crippen LogP contribution in [0.2, 0.25) is 5.02 Å². The number of hydrogen-bond acceptors (Lipinski definition) is 3. The largest absolute Gasteiger partial charge is 0.452 e. The number of rotatable bonds is 2. The van der Waals surface area contributed by atoms with E-state index < -0.39 is 0 Å². The summed E-state index contributed by atoms with van der Waals surface area (Å²) in [5.74, 6) is 0.581. The summed E-state index contributed by atoms with van der Waals surface area (Å²) >= 11 is 7.05. The summed E-state index contributed by atoms with van der Waals surface area (Å²) in [6.45, 7) is 4.63. The van der Waals surface area contributed by atoms with Crippen molar-refractivity contribution in [2.75, 3.05) is 0 Å². The molecule has 0 aliphatic heterocycles. The normalized spacial score (nSPS) is 13.7. The summed E-state index contributed by atoms with van der Waals surface area (Å²) in [6, 6.07) is 42.3. The molecular weight excluding hydrogens is 586 g/mol. The summed E-state index contributed by atoms with van der Waals surface area (Å²) in [5, 5.41) is 6.08. The zero-order valence-corrected chi connectivity index (χ0v) is 25.9. The number of aromatic nitrogens is 3. The van der Waals surface area contributed by atoms with E-state index in [1.807, 2.05) is 42.5 Å². The molecule has 218 valence electrons. The Labute approximate surface area is 269 Å². The van der Waals surface area contributed by atoms with Crippen LogP contribution in [0.1, 0.15) is 25.0 Å². The topological polar surface area (TPSA) is 43.9 Å². The van der Waals surface area contributed by atoms with Crippen LogP contribution in [0.3, 0.4) is 0 Å². The lowest BCUT2D eigenvalue weighted by Crippen LogP contribution is -2.15. The van der Waals surface area contributed by atoms with Crippen LogP contribution in [0, 0.1) is 0 Å². The molecule has 1 aliphatic rings. The first kappa shape index (κ1) is 25.8. The van der Waals surface area contributed by atoms with Crippen molar-refractivity contribution in [3.05, 3.63) is 137 Å². The van der Waals surface area contributed by atoms with Crippen molar-refractivity contribution in [2.45, 2.75) is 19.3 Å². The van der Waals surface area contributed by atoms with Gasteiger partial charge in [-0.3, -0.25) is 4.57 Å². The van der Waals surface area contributed by atoms with Crippen LogP contribution in [-0.2, 0) is 5.41 Å². The van der Waals surface area contributed by atoms with Gasteiger partial charge in [0.1, 0.15) is 16.8 Å². The Balaban J connectivity index is 1.40. The number of halogens is 1. The Morgan fingerprint density at radius 3 is 2.20 bits per heavy atom. The lowest BCUT2D eigenvalue weighted by atomic mass is 9.82. The molecule has 4 nitrogen and oxygen atoms in total. The average molecular weight is 612 g/mol. The van der Waals surface area contributed by atoms with Crippen molar-refractivity contribution in [3.63, 3.8) is 0 Å². The van der Waals surface area contributed by atoms with Crippen molar-refractivity contribution < 1.29 is 4.42 Å². The highest BCUT2D eigenvalue weighted by molar-refractivity contribution is 6.39. The molecule has 10 rings (SSSR count). The highest BCUT2D eigenvalue weighted by atomic mass is 35.5. The van der Waals surface area contributed by atoms with Crippen molar-refractivity contribution >= 4 is 66.2 Å². The average Bonchev–Trinajstić information content (AvgIpc) is 3.69. The van der Waals surface area contributed by atoms with E-state index in [0.717, 1.165) is 60.3 Å². The molecule has 0 fully saturated rings. The van der Waals surface area contributed by atoms with Gasteiger partial charge in [-0.2, -0.15) is 0 Å². The summed E-state index contributed by atoms with van der Waals surface area (Å²) < 4.78 is 8.63. The summed E-state index contributed by atoms with van der Waals surface area (Å²) in [6.07, 6.45) is 0. The maximum Gasteiger partial charge on any atom is 0.236 e. The molecular formula is C41H26ClN3O. The Morgan fingerprint density at radius 2 is 1.35 bits per heavy atom. The second-order valence-corrected chi connectivity index (χ2v) is 13.1. The molecule has 0 unspecified atom stereocenters. The number of nitrogens with zero attached hydrogens (tertiary/aromatic N) is 3. The third kappa shape index (κ3) is 3.34. The lowest BCUT2D eigenvalue weighted by Gasteiger charge is -2.21. The van der Waals surface area contributed by atoms with Gasteiger partial charge in [0.05, 0.1) is 16.1 Å². The Hall–Kier alpha value is -5.45. The predicted octanol–water partition coefficient (Wildman–Crippen LogP) is 11.3. The Kier molecular flexibility index (Phi) is 5.09. The maximum absolute atomic E-state index is 7.05. The molecule has 0 saturated carbocycles. The minimum absolute atomic E-state index is 0.165. The van der Waals surface area contributed by atoms with Gasteiger partial charge in [-0.25, -0.2) is 9.97 Å². The second kappa shape index (κ2) is 9.06. The van der Waals surface area contributed by atoms with Gasteiger partial charge < -0.3 is 4.42 Å². The van der Waals surface area contributed by atoms with Crippen molar-refractivity contribution in [1.82, 2.24) is 14.5 Å². The zero-order chi connectivity index (χ0) is 30.7. The predicted molar refractivity (Wildman–Crippen MR) is 189 cm³/mol. The lowest BCUT2D eigenvalue weighted by molar-refractivity contribution is 0.661. The van der Waals surface area contributed by atoms with E-state index in [0.29, 0.717) is 16.6 Å². The van der Waals surface area contributed by atoms with Crippen LogP contribution in [-0.4, -0.2) is 14.5 Å². The standard InChI is InChI=1S/C41H26ClN3O/c1-41(2)30-18-10-8-14-24(30)28-20-29-33(21-31(28)41)45(34-22-32(42)25-15-6-7-16-26(25)36(29)34)40-43-37(23-12-4-3-5-13-23)39-38(44-40)27-17-9-11-19-35(27)46-39/h3-22H,1-2H3. The molecule has 9 aromatic rings. The van der Waals surface area contributed by atoms with Gasteiger partial charge in [0.25, 0.3) is 0 Å². The number of hydrogen-bond donors (Lipinski definition) is 0. The van der Waals surface area contributed by atoms with Gasteiger partial charge in [-0.15, -0.1) is 0 Å². The third-order valence-electron chi connectivity index (χ3n) is 9.88. The maximum atomic E-state index is 7.05. The monoisotopic (exact) mass is 611 g/mol. The van der Waals surface area contributed by atoms with Gasteiger partial charge in [0.2, 0.25) is 5.95 Å². The van der Waals surface area contributed by atoms with Gasteiger partial charge in [-0.05, 0) is 58.0 Å². The second-order valence-electron chi connectivity index (χ2n) is 12.7. The van der Waals surface area contributed by atoms with Gasteiger partial charge in [0.15, 0.2) is 5.58 Å². The fourth-order valence-corrected chi connectivity index (χ4v) is 7.98. The molecule has 0 bridgehead atoms. The molecule has 5 heteroatoms. The van der Waals surface area contributed by atoms with Crippen LogP contribution >= 0.6 is 11.6 Å². The molecule has 3 aromatic heterocycles. The molecule has 0 amide bonds. The molecule has 0 N–H and O–H groups in total. The van der Waals surface area contributed by atoms with Crippen LogP contribution in [0.5, 0.6) is 0 Å². The van der Waals surface area contributed by atoms with E-state index >= 15 is 0 Å². The summed E-state index contributed by atoms with van der Waals surface area (Å²) in [5.41, 5.74) is 11.0. The first-order chi connectivity index (χ1) is 22.5. The van der Waals surface area contributed by atoms with E-state index in [1.54, 1.807) is 0 Å². The Morgan fingerprint density at radius 1 is 0.630 bits per heavy atom. The summed E-state index contributed by atoms with van der Waals surface area (Å²) in [4.78, 5) is 10.6. The van der Waals surface area contributed by atoms with E-state index in [1.165, 1.54) is 22.3 Å². The summed E-state index contributed by atoms with van der Waals surface area (Å²) in [7, 11) is 0. The molecule has 0 spiro atoms. The fourth-order valence-electron chi connectivity index (χ4n) is 7.71. The van der Waals surface area contributed by atoms with Gasteiger partial charge in [-0.1, -0.05) is 116 Å². The zero-order valence-electron chi connectivity index (χ0n) is 25.2. The highest BCUT2D eigenvalue weighted by Gasteiger charge is 2.36. The minimum atomic E-state index is -0.165. The Bertz CT molecular complexity index is 2740. The highest BCUT2D eigenvalue weighted by Crippen LogP contribution is 2.51.